The molecular formula is C26H23N3O2S. The van der Waals surface area contributed by atoms with E-state index >= 15 is 0 Å². The fourth-order valence-corrected chi connectivity index (χ4v) is 4.76. The van der Waals surface area contributed by atoms with E-state index in [0.29, 0.717) is 16.9 Å². The Morgan fingerprint density at radius 3 is 2.47 bits per heavy atom. The molecule has 1 N–H and O–H groups in total. The lowest BCUT2D eigenvalue weighted by atomic mass is 10.1. The van der Waals surface area contributed by atoms with Crippen LogP contribution in [0.3, 0.4) is 0 Å². The van der Waals surface area contributed by atoms with E-state index in [1.54, 1.807) is 29.4 Å². The number of aromatic nitrogens is 1. The molecule has 5 rings (SSSR count). The third-order valence-corrected chi connectivity index (χ3v) is 6.71. The van der Waals surface area contributed by atoms with Gasteiger partial charge in [-0.2, -0.15) is 0 Å². The smallest absolute Gasteiger partial charge is 0.257 e. The zero-order valence-corrected chi connectivity index (χ0v) is 18.6. The van der Waals surface area contributed by atoms with Crippen molar-refractivity contribution in [3.05, 3.63) is 88.9 Å². The highest BCUT2D eigenvalue weighted by Gasteiger charge is 2.33. The van der Waals surface area contributed by atoms with Gasteiger partial charge in [0, 0.05) is 25.1 Å². The first-order valence-electron chi connectivity index (χ1n) is 10.7. The highest BCUT2D eigenvalue weighted by molar-refractivity contribution is 7.18. The van der Waals surface area contributed by atoms with Crippen molar-refractivity contribution >= 4 is 44.7 Å². The van der Waals surface area contributed by atoms with E-state index in [-0.39, 0.29) is 17.7 Å². The van der Waals surface area contributed by atoms with Crippen LogP contribution in [-0.2, 0) is 11.2 Å². The number of carbonyl (C=O) groups is 2. The predicted molar refractivity (Wildman–Crippen MR) is 129 cm³/mol. The van der Waals surface area contributed by atoms with Gasteiger partial charge < -0.3 is 10.2 Å². The molecule has 2 amide bonds. The molecule has 1 heterocycles. The third kappa shape index (κ3) is 4.27. The number of para-hydroxylation sites is 2. The Balaban J connectivity index is 1.28. The van der Waals surface area contributed by atoms with Crippen molar-refractivity contribution in [3.8, 4) is 0 Å². The molecule has 0 spiro atoms. The summed E-state index contributed by atoms with van der Waals surface area (Å²) in [5, 5.41) is 4.03. The van der Waals surface area contributed by atoms with Crippen molar-refractivity contribution in [2.45, 2.75) is 19.3 Å². The van der Waals surface area contributed by atoms with Gasteiger partial charge in [-0.15, -0.1) is 11.3 Å². The van der Waals surface area contributed by atoms with Gasteiger partial charge in [0.25, 0.3) is 5.91 Å². The van der Waals surface area contributed by atoms with Crippen molar-refractivity contribution in [1.29, 1.82) is 0 Å². The second-order valence-electron chi connectivity index (χ2n) is 8.09. The van der Waals surface area contributed by atoms with Gasteiger partial charge in [-0.3, -0.25) is 9.59 Å². The van der Waals surface area contributed by atoms with Gasteiger partial charge in [0.05, 0.1) is 26.5 Å². The molecule has 6 heteroatoms. The summed E-state index contributed by atoms with van der Waals surface area (Å²) in [4.78, 5) is 31.7. The molecule has 1 fully saturated rings. The number of nitrogens with one attached hydrogen (secondary N) is 1. The number of hydrogen-bond acceptors (Lipinski definition) is 4. The van der Waals surface area contributed by atoms with Gasteiger partial charge in [0.1, 0.15) is 0 Å². The summed E-state index contributed by atoms with van der Waals surface area (Å²) < 4.78 is 1.19. The van der Waals surface area contributed by atoms with Gasteiger partial charge in [0.2, 0.25) is 5.91 Å². The Morgan fingerprint density at radius 2 is 1.72 bits per heavy atom. The molecule has 4 aromatic rings. The van der Waals surface area contributed by atoms with Crippen LogP contribution in [0.2, 0.25) is 0 Å². The molecule has 32 heavy (non-hydrogen) atoms. The molecule has 0 atom stereocenters. The lowest BCUT2D eigenvalue weighted by Gasteiger charge is -2.20. The monoisotopic (exact) mass is 441 g/mol. The van der Waals surface area contributed by atoms with Crippen molar-refractivity contribution in [3.63, 3.8) is 0 Å². The Labute approximate surface area is 190 Å². The van der Waals surface area contributed by atoms with E-state index < -0.39 is 0 Å². The fourth-order valence-electron chi connectivity index (χ4n) is 3.76. The van der Waals surface area contributed by atoms with Crippen LogP contribution < -0.4 is 10.2 Å². The molecule has 0 radical (unpaired) electrons. The molecule has 1 aromatic heterocycles. The number of amides is 2. The fraction of sp³-hybridized carbons (Fsp3) is 0.192. The normalized spacial score (nSPS) is 13.2. The molecule has 1 saturated carbocycles. The molecule has 0 unspecified atom stereocenters. The summed E-state index contributed by atoms with van der Waals surface area (Å²) in [6, 6.07) is 23.2. The summed E-state index contributed by atoms with van der Waals surface area (Å²) in [5.41, 5.74) is 4.00. The van der Waals surface area contributed by atoms with Crippen molar-refractivity contribution < 1.29 is 9.59 Å². The summed E-state index contributed by atoms with van der Waals surface area (Å²) in [5.74, 6) is -0.0569. The maximum absolute atomic E-state index is 13.0. The Morgan fingerprint density at radius 1 is 1.00 bits per heavy atom. The number of fused-ring (bicyclic) bond motifs is 1. The van der Waals surface area contributed by atoms with E-state index in [2.05, 4.69) is 11.4 Å². The number of rotatable bonds is 6. The number of hydrogen-bond donors (Lipinski definition) is 1. The Hall–Kier alpha value is -3.51. The van der Waals surface area contributed by atoms with Gasteiger partial charge in [0.15, 0.2) is 0 Å². The molecule has 0 bridgehead atoms. The van der Waals surface area contributed by atoms with Crippen molar-refractivity contribution in [1.82, 2.24) is 4.98 Å². The van der Waals surface area contributed by atoms with E-state index in [9.17, 15) is 9.59 Å². The third-order valence-electron chi connectivity index (χ3n) is 5.67. The average Bonchev–Trinajstić information content (AvgIpc) is 3.59. The Kier molecular flexibility index (Phi) is 5.45. The number of thiazole rings is 1. The van der Waals surface area contributed by atoms with Crippen molar-refractivity contribution in [2.75, 3.05) is 17.3 Å². The Bertz CT molecular complexity index is 1260. The highest BCUT2D eigenvalue weighted by Crippen LogP contribution is 2.33. The summed E-state index contributed by atoms with van der Waals surface area (Å²) in [6.07, 6.45) is 2.62. The first kappa shape index (κ1) is 20.4. The largest absolute Gasteiger partial charge is 0.322 e. The first-order valence-corrected chi connectivity index (χ1v) is 11.5. The van der Waals surface area contributed by atoms with Crippen LogP contribution in [0.25, 0.3) is 10.2 Å². The highest BCUT2D eigenvalue weighted by atomic mass is 32.1. The second-order valence-corrected chi connectivity index (χ2v) is 9.21. The molecule has 1 aliphatic rings. The van der Waals surface area contributed by atoms with Gasteiger partial charge in [-0.1, -0.05) is 36.4 Å². The van der Waals surface area contributed by atoms with E-state index in [1.165, 1.54) is 4.70 Å². The van der Waals surface area contributed by atoms with E-state index in [4.69, 9.17) is 4.98 Å². The minimum atomic E-state index is -0.227. The standard InChI is InChI=1S/C26H23N3O2S/c1-29(26(31)18-12-13-18)22-8-4-2-6-20(22)25(30)27-19-14-10-17(11-15-19)16-24-28-21-7-3-5-9-23(21)32-24/h2-11,14-15,18H,12-13,16H2,1H3,(H,27,30). The van der Waals surface area contributed by atoms with E-state index in [0.717, 1.165) is 35.4 Å². The van der Waals surface area contributed by atoms with Gasteiger partial charge >= 0.3 is 0 Å². The number of anilines is 2. The maximum Gasteiger partial charge on any atom is 0.257 e. The molecule has 0 saturated heterocycles. The topological polar surface area (TPSA) is 62.3 Å². The first-order chi connectivity index (χ1) is 15.6. The summed E-state index contributed by atoms with van der Waals surface area (Å²) in [6.45, 7) is 0. The van der Waals surface area contributed by atoms with Gasteiger partial charge in [-0.25, -0.2) is 4.98 Å². The van der Waals surface area contributed by atoms with Crippen LogP contribution >= 0.6 is 11.3 Å². The number of benzene rings is 3. The minimum Gasteiger partial charge on any atom is -0.322 e. The molecule has 1 aliphatic carbocycles. The zero-order chi connectivity index (χ0) is 22.1. The van der Waals surface area contributed by atoms with Crippen LogP contribution in [-0.4, -0.2) is 23.8 Å². The SMILES string of the molecule is CN(C(=O)C1CC1)c1ccccc1C(=O)Nc1ccc(Cc2nc3ccccc3s2)cc1. The second kappa shape index (κ2) is 8.55. The number of carbonyl (C=O) groups excluding carboxylic acids is 2. The zero-order valence-electron chi connectivity index (χ0n) is 17.7. The van der Waals surface area contributed by atoms with Crippen LogP contribution in [0.1, 0.15) is 33.8 Å². The van der Waals surface area contributed by atoms with Crippen LogP contribution in [0.5, 0.6) is 0 Å². The minimum absolute atomic E-state index is 0.0736. The van der Waals surface area contributed by atoms with Crippen LogP contribution in [0.15, 0.2) is 72.8 Å². The van der Waals surface area contributed by atoms with Crippen LogP contribution in [0, 0.1) is 5.92 Å². The lowest BCUT2D eigenvalue weighted by Crippen LogP contribution is -2.29. The molecule has 0 aliphatic heterocycles. The number of nitrogens with zero attached hydrogens (tertiary/aromatic N) is 2. The van der Waals surface area contributed by atoms with Crippen molar-refractivity contribution in [2.24, 2.45) is 5.92 Å². The van der Waals surface area contributed by atoms with Crippen LogP contribution in [0.4, 0.5) is 11.4 Å². The lowest BCUT2D eigenvalue weighted by molar-refractivity contribution is -0.119. The molecular weight excluding hydrogens is 418 g/mol. The predicted octanol–water partition coefficient (Wildman–Crippen LogP) is 5.51. The van der Waals surface area contributed by atoms with E-state index in [1.807, 2.05) is 60.7 Å². The molecule has 160 valence electrons. The average molecular weight is 442 g/mol. The quantitative estimate of drug-likeness (QED) is 0.429. The summed E-state index contributed by atoms with van der Waals surface area (Å²) >= 11 is 1.70. The molecule has 3 aromatic carbocycles. The molecule has 5 nitrogen and oxygen atoms in total. The van der Waals surface area contributed by atoms with Gasteiger partial charge in [-0.05, 0) is 54.8 Å². The maximum atomic E-state index is 13.0. The summed E-state index contributed by atoms with van der Waals surface area (Å²) in [7, 11) is 1.74.